The fourth-order valence-corrected chi connectivity index (χ4v) is 8.41. The highest BCUT2D eigenvalue weighted by Crippen LogP contribution is 2.69. The van der Waals surface area contributed by atoms with E-state index in [0.717, 1.165) is 64.3 Å². The second-order valence-corrected chi connectivity index (χ2v) is 12.1. The average molecular weight is 435 g/mol. The molecule has 8 atom stereocenters. The molecule has 0 aromatic heterocycles. The van der Waals surface area contributed by atoms with Gasteiger partial charge in [0.1, 0.15) is 6.61 Å². The van der Waals surface area contributed by atoms with Crippen LogP contribution in [0.3, 0.4) is 0 Å². The maximum absolute atomic E-state index is 12.2. The highest BCUT2D eigenvalue weighted by molar-refractivity contribution is 5.57. The van der Waals surface area contributed by atoms with Crippen molar-refractivity contribution in [3.05, 3.63) is 0 Å². The Morgan fingerprint density at radius 2 is 1.84 bits per heavy atom. The van der Waals surface area contributed by atoms with Gasteiger partial charge in [0, 0.05) is 12.8 Å². The van der Waals surface area contributed by atoms with Crippen LogP contribution in [0.15, 0.2) is 5.16 Å². The predicted octanol–water partition coefficient (Wildman–Crippen LogP) is 4.47. The van der Waals surface area contributed by atoms with Crippen LogP contribution in [0.2, 0.25) is 0 Å². The first-order valence-electron chi connectivity index (χ1n) is 12.9. The van der Waals surface area contributed by atoms with Gasteiger partial charge in [-0.15, -0.1) is 0 Å². The minimum atomic E-state index is -0.537. The number of aliphatic hydroxyl groups is 2. The van der Waals surface area contributed by atoms with E-state index in [9.17, 15) is 10.2 Å². The van der Waals surface area contributed by atoms with Gasteiger partial charge in [-0.3, -0.25) is 0 Å². The molecule has 4 aliphatic rings. The summed E-state index contributed by atoms with van der Waals surface area (Å²) in [6.45, 7) is 6.54. The lowest BCUT2D eigenvalue weighted by atomic mass is 9.43. The van der Waals surface area contributed by atoms with Crippen molar-refractivity contribution in [1.82, 2.24) is 4.90 Å². The SMILES string of the molecule is CN(C)CCCO/N=C/CC1CC[C@@]2(O)[C@@H]3CCC4CC(O)CC[C@]4(C)[C@@H]3CC[C@]12C. The zero-order valence-electron chi connectivity index (χ0n) is 20.4. The van der Waals surface area contributed by atoms with Crippen LogP contribution in [0, 0.1) is 34.5 Å². The van der Waals surface area contributed by atoms with Crippen LogP contribution in [0.4, 0.5) is 0 Å². The Morgan fingerprint density at radius 1 is 1.03 bits per heavy atom. The molecule has 5 nitrogen and oxygen atoms in total. The Kier molecular flexibility index (Phi) is 6.78. The third-order valence-electron chi connectivity index (χ3n) is 10.4. The summed E-state index contributed by atoms with van der Waals surface area (Å²) in [5.74, 6) is 2.17. The second-order valence-electron chi connectivity index (χ2n) is 12.1. The highest BCUT2D eigenvalue weighted by Gasteiger charge is 2.66. The third kappa shape index (κ3) is 4.08. The molecule has 178 valence electrons. The monoisotopic (exact) mass is 434 g/mol. The molecule has 4 rings (SSSR count). The van der Waals surface area contributed by atoms with Crippen LogP contribution in [-0.4, -0.2) is 60.3 Å². The van der Waals surface area contributed by atoms with E-state index in [1.165, 1.54) is 12.8 Å². The summed E-state index contributed by atoms with van der Waals surface area (Å²) in [5.41, 5.74) is -0.243. The number of aliphatic hydroxyl groups excluding tert-OH is 1. The Balaban J connectivity index is 1.39. The van der Waals surface area contributed by atoms with Gasteiger partial charge in [-0.25, -0.2) is 0 Å². The summed E-state index contributed by atoms with van der Waals surface area (Å²) < 4.78 is 0. The zero-order chi connectivity index (χ0) is 22.3. The van der Waals surface area contributed by atoms with Crippen LogP contribution in [0.1, 0.15) is 84.5 Å². The second kappa shape index (κ2) is 8.95. The number of oxime groups is 1. The van der Waals surface area contributed by atoms with Crippen molar-refractivity contribution in [3.8, 4) is 0 Å². The molecule has 0 spiro atoms. The number of rotatable bonds is 7. The van der Waals surface area contributed by atoms with Gasteiger partial charge in [0.25, 0.3) is 0 Å². The molecule has 4 saturated carbocycles. The molecule has 0 aliphatic heterocycles. The fourth-order valence-electron chi connectivity index (χ4n) is 8.41. The van der Waals surface area contributed by atoms with E-state index in [4.69, 9.17) is 4.84 Å². The lowest BCUT2D eigenvalue weighted by Crippen LogP contribution is -2.62. The molecule has 4 aliphatic carbocycles. The molecule has 0 aromatic rings. The normalized spacial score (nSPS) is 47.3. The first-order valence-corrected chi connectivity index (χ1v) is 12.9. The van der Waals surface area contributed by atoms with Crippen LogP contribution in [0.5, 0.6) is 0 Å². The van der Waals surface area contributed by atoms with Crippen LogP contribution in [0.25, 0.3) is 0 Å². The van der Waals surface area contributed by atoms with Gasteiger partial charge in [0.2, 0.25) is 0 Å². The Hall–Kier alpha value is -0.650. The molecule has 2 N–H and O–H groups in total. The molecule has 3 unspecified atom stereocenters. The first kappa shape index (κ1) is 23.5. The zero-order valence-corrected chi connectivity index (χ0v) is 20.4. The molecule has 5 heteroatoms. The number of hydrogen-bond donors (Lipinski definition) is 2. The summed E-state index contributed by atoms with van der Waals surface area (Å²) in [6.07, 6.45) is 13.5. The maximum Gasteiger partial charge on any atom is 0.118 e. The summed E-state index contributed by atoms with van der Waals surface area (Å²) in [5, 5.41) is 26.7. The quantitative estimate of drug-likeness (QED) is 0.353. The fraction of sp³-hybridized carbons (Fsp3) is 0.962. The van der Waals surface area contributed by atoms with E-state index in [0.29, 0.717) is 35.7 Å². The molecule has 0 aromatic carbocycles. The largest absolute Gasteiger partial charge is 0.396 e. The van der Waals surface area contributed by atoms with Crippen LogP contribution < -0.4 is 0 Å². The van der Waals surface area contributed by atoms with Crippen molar-refractivity contribution in [3.63, 3.8) is 0 Å². The summed E-state index contributed by atoms with van der Waals surface area (Å²) in [4.78, 5) is 7.62. The molecule has 0 radical (unpaired) electrons. The summed E-state index contributed by atoms with van der Waals surface area (Å²) >= 11 is 0. The third-order valence-corrected chi connectivity index (χ3v) is 10.4. The van der Waals surface area contributed by atoms with E-state index in [2.05, 4.69) is 38.0 Å². The molecule has 0 bridgehead atoms. The van der Waals surface area contributed by atoms with Crippen LogP contribution in [-0.2, 0) is 4.84 Å². The molecule has 4 fully saturated rings. The molecular weight excluding hydrogens is 388 g/mol. The van der Waals surface area contributed by atoms with E-state index in [1.807, 2.05) is 6.21 Å². The van der Waals surface area contributed by atoms with Gasteiger partial charge in [0.15, 0.2) is 0 Å². The number of hydrogen-bond acceptors (Lipinski definition) is 5. The van der Waals surface area contributed by atoms with Crippen molar-refractivity contribution >= 4 is 6.21 Å². The molecular formula is C26H46N2O3. The minimum Gasteiger partial charge on any atom is -0.396 e. The Labute approximate surface area is 189 Å². The van der Waals surface area contributed by atoms with Crippen molar-refractivity contribution in [2.75, 3.05) is 27.2 Å². The lowest BCUT2D eigenvalue weighted by molar-refractivity contribution is -0.209. The predicted molar refractivity (Wildman–Crippen MR) is 125 cm³/mol. The van der Waals surface area contributed by atoms with Gasteiger partial charge >= 0.3 is 0 Å². The van der Waals surface area contributed by atoms with Crippen molar-refractivity contribution in [2.45, 2.75) is 96.2 Å². The minimum absolute atomic E-state index is 0.0114. The summed E-state index contributed by atoms with van der Waals surface area (Å²) in [6, 6.07) is 0. The van der Waals surface area contributed by atoms with E-state index < -0.39 is 5.60 Å². The van der Waals surface area contributed by atoms with Gasteiger partial charge in [-0.1, -0.05) is 19.0 Å². The smallest absolute Gasteiger partial charge is 0.118 e. The van der Waals surface area contributed by atoms with Gasteiger partial charge in [0.05, 0.1) is 11.7 Å². The molecule has 0 amide bonds. The highest BCUT2D eigenvalue weighted by atomic mass is 16.6. The van der Waals surface area contributed by atoms with E-state index in [-0.39, 0.29) is 11.5 Å². The standard InChI is InChI=1S/C26H46N2O3/c1-24-12-9-21(29)18-20(24)6-7-23-22(24)10-13-25(2)19(8-14-26(23,25)30)11-15-27-31-17-5-16-28(3)4/h15,19-23,29-30H,5-14,16-18H2,1-4H3/b27-15+/t19?,20?,21?,22-,23-,24+,25-,26-/m1/s1. The van der Waals surface area contributed by atoms with Crippen molar-refractivity contribution in [1.29, 1.82) is 0 Å². The van der Waals surface area contributed by atoms with Gasteiger partial charge in [-0.05, 0) is 119 Å². The van der Waals surface area contributed by atoms with Crippen molar-refractivity contribution < 1.29 is 15.1 Å². The van der Waals surface area contributed by atoms with Gasteiger partial charge in [-0.2, -0.15) is 0 Å². The first-order chi connectivity index (χ1) is 14.7. The lowest BCUT2D eigenvalue weighted by Gasteiger charge is -2.63. The molecule has 0 heterocycles. The van der Waals surface area contributed by atoms with Crippen molar-refractivity contribution in [2.24, 2.45) is 39.7 Å². The van der Waals surface area contributed by atoms with E-state index in [1.54, 1.807) is 0 Å². The molecule has 0 saturated heterocycles. The average Bonchev–Trinajstić information content (AvgIpc) is 2.99. The van der Waals surface area contributed by atoms with E-state index >= 15 is 0 Å². The summed E-state index contributed by atoms with van der Waals surface area (Å²) in [7, 11) is 4.15. The number of nitrogens with zero attached hydrogens (tertiary/aromatic N) is 2. The van der Waals surface area contributed by atoms with Gasteiger partial charge < -0.3 is 20.0 Å². The van der Waals surface area contributed by atoms with Crippen LogP contribution >= 0.6 is 0 Å². The topological polar surface area (TPSA) is 65.3 Å². The maximum atomic E-state index is 12.2. The Morgan fingerprint density at radius 3 is 2.61 bits per heavy atom. The molecule has 31 heavy (non-hydrogen) atoms. The Bertz CT molecular complexity index is 655. The number of fused-ring (bicyclic) bond motifs is 5.